The number of nitrogen functional groups attached to an aromatic ring is 1. The second-order valence-corrected chi connectivity index (χ2v) is 5.46. The molecule has 2 unspecified atom stereocenters. The number of benzene rings is 1. The fraction of sp³-hybridized carbons (Fsp3) is 0.500. The van der Waals surface area contributed by atoms with E-state index < -0.39 is 0 Å². The topological polar surface area (TPSA) is 76.8 Å². The summed E-state index contributed by atoms with van der Waals surface area (Å²) in [4.78, 5) is 14.1. The van der Waals surface area contributed by atoms with Crippen LogP contribution in [0.2, 0.25) is 5.02 Å². The van der Waals surface area contributed by atoms with Gasteiger partial charge in [0, 0.05) is 32.3 Å². The maximum atomic E-state index is 12.1. The number of carbonyl (C=O) groups excluding carboxylic acids is 1. The zero-order chi connectivity index (χ0) is 15.4. The molecule has 21 heavy (non-hydrogen) atoms. The number of amides is 1. The molecule has 1 aliphatic rings. The fourth-order valence-electron chi connectivity index (χ4n) is 2.43. The summed E-state index contributed by atoms with van der Waals surface area (Å²) in [5.41, 5.74) is 6.82. The highest BCUT2D eigenvalue weighted by atomic mass is 35.5. The molecule has 0 radical (unpaired) electrons. The molecule has 6 nitrogen and oxygen atoms in total. The molecule has 1 heterocycles. The Morgan fingerprint density at radius 2 is 2.00 bits per heavy atom. The number of halogens is 1. The van der Waals surface area contributed by atoms with Gasteiger partial charge in [-0.3, -0.25) is 9.69 Å². The van der Waals surface area contributed by atoms with E-state index in [4.69, 9.17) is 26.8 Å². The average molecular weight is 314 g/mol. The van der Waals surface area contributed by atoms with Crippen molar-refractivity contribution in [3.63, 3.8) is 0 Å². The Balaban J connectivity index is 1.92. The van der Waals surface area contributed by atoms with Gasteiger partial charge in [0.1, 0.15) is 0 Å². The number of hydrogen-bond acceptors (Lipinski definition) is 5. The lowest BCUT2D eigenvalue weighted by atomic mass is 10.2. The first-order valence-corrected chi connectivity index (χ1v) is 7.04. The van der Waals surface area contributed by atoms with Gasteiger partial charge in [0.05, 0.1) is 30.1 Å². The molecule has 1 amide bonds. The van der Waals surface area contributed by atoms with Gasteiger partial charge in [0.2, 0.25) is 5.91 Å². The van der Waals surface area contributed by atoms with Gasteiger partial charge in [-0.15, -0.1) is 0 Å². The van der Waals surface area contributed by atoms with Crippen LogP contribution in [0, 0.1) is 0 Å². The lowest BCUT2D eigenvalue weighted by Crippen LogP contribution is -2.32. The second-order valence-electron chi connectivity index (χ2n) is 5.02. The lowest BCUT2D eigenvalue weighted by Gasteiger charge is -2.15. The number of rotatable bonds is 5. The summed E-state index contributed by atoms with van der Waals surface area (Å²) in [7, 11) is 3.29. The summed E-state index contributed by atoms with van der Waals surface area (Å²) in [6.45, 7) is 1.58. The van der Waals surface area contributed by atoms with E-state index in [0.717, 1.165) is 0 Å². The Kier molecular flexibility index (Phi) is 5.41. The third-order valence-electron chi connectivity index (χ3n) is 3.55. The molecule has 1 aromatic rings. The number of hydrogen-bond donors (Lipinski definition) is 2. The smallest absolute Gasteiger partial charge is 0.238 e. The summed E-state index contributed by atoms with van der Waals surface area (Å²) in [6, 6.07) is 4.98. The Hall–Kier alpha value is -1.34. The van der Waals surface area contributed by atoms with E-state index in [1.807, 2.05) is 4.90 Å². The summed E-state index contributed by atoms with van der Waals surface area (Å²) in [5, 5.41) is 3.30. The number of nitrogens with one attached hydrogen (secondary N) is 1. The molecule has 1 saturated heterocycles. The van der Waals surface area contributed by atoms with Crippen LogP contribution in [0.1, 0.15) is 0 Å². The number of methoxy groups -OCH3 is 2. The van der Waals surface area contributed by atoms with E-state index in [0.29, 0.717) is 29.5 Å². The Labute approximate surface area is 129 Å². The molecule has 2 rings (SSSR count). The van der Waals surface area contributed by atoms with Crippen LogP contribution in [0.4, 0.5) is 11.4 Å². The van der Waals surface area contributed by atoms with E-state index in [9.17, 15) is 4.79 Å². The van der Waals surface area contributed by atoms with Crippen molar-refractivity contribution in [2.24, 2.45) is 0 Å². The number of nitrogens with two attached hydrogens (primary N) is 1. The maximum Gasteiger partial charge on any atom is 0.238 e. The minimum Gasteiger partial charge on any atom is -0.397 e. The molecule has 0 bridgehead atoms. The van der Waals surface area contributed by atoms with Gasteiger partial charge >= 0.3 is 0 Å². The molecular weight excluding hydrogens is 294 g/mol. The van der Waals surface area contributed by atoms with Gasteiger partial charge in [-0.1, -0.05) is 11.6 Å². The normalized spacial score (nSPS) is 22.4. The van der Waals surface area contributed by atoms with Crippen LogP contribution in [-0.4, -0.2) is 56.9 Å². The van der Waals surface area contributed by atoms with Crippen LogP contribution >= 0.6 is 11.6 Å². The SMILES string of the molecule is COC1CN(CC(=O)Nc2cc(Cl)ccc2N)CC1OC. The lowest BCUT2D eigenvalue weighted by molar-refractivity contribution is -0.117. The first-order chi connectivity index (χ1) is 10.0. The van der Waals surface area contributed by atoms with Crippen molar-refractivity contribution in [1.82, 2.24) is 4.90 Å². The van der Waals surface area contributed by atoms with Gasteiger partial charge in [0.25, 0.3) is 0 Å². The summed E-state index contributed by atoms with van der Waals surface area (Å²) in [6.07, 6.45) is -0.0296. The molecule has 1 aliphatic heterocycles. The number of carbonyl (C=O) groups is 1. The summed E-state index contributed by atoms with van der Waals surface area (Å²) in [5.74, 6) is -0.143. The zero-order valence-corrected chi connectivity index (χ0v) is 12.9. The van der Waals surface area contributed by atoms with E-state index in [2.05, 4.69) is 5.32 Å². The molecule has 0 aromatic heterocycles. The molecule has 2 atom stereocenters. The van der Waals surface area contributed by atoms with Crippen molar-refractivity contribution >= 4 is 28.9 Å². The van der Waals surface area contributed by atoms with Crippen LogP contribution < -0.4 is 11.1 Å². The zero-order valence-electron chi connectivity index (χ0n) is 12.1. The van der Waals surface area contributed by atoms with E-state index >= 15 is 0 Å². The Morgan fingerprint density at radius 1 is 1.38 bits per heavy atom. The summed E-state index contributed by atoms with van der Waals surface area (Å²) < 4.78 is 10.7. The first kappa shape index (κ1) is 16.0. The minimum atomic E-state index is -0.143. The molecule has 116 valence electrons. The standard InChI is InChI=1S/C14H20ClN3O3/c1-20-12-6-18(7-13(12)21-2)8-14(19)17-11-5-9(15)3-4-10(11)16/h3-5,12-13H,6-8,16H2,1-2H3,(H,17,19). The highest BCUT2D eigenvalue weighted by molar-refractivity contribution is 6.31. The van der Waals surface area contributed by atoms with Crippen molar-refractivity contribution in [1.29, 1.82) is 0 Å². The van der Waals surface area contributed by atoms with Crippen LogP contribution in [0.3, 0.4) is 0 Å². The Bertz CT molecular complexity index is 500. The van der Waals surface area contributed by atoms with Crippen LogP contribution in [-0.2, 0) is 14.3 Å². The monoisotopic (exact) mass is 313 g/mol. The molecule has 0 spiro atoms. The molecule has 7 heteroatoms. The van der Waals surface area contributed by atoms with Gasteiger partial charge in [0.15, 0.2) is 0 Å². The third-order valence-corrected chi connectivity index (χ3v) is 3.79. The molecule has 0 aliphatic carbocycles. The predicted octanol–water partition coefficient (Wildman–Crippen LogP) is 1.21. The van der Waals surface area contributed by atoms with Gasteiger partial charge in [-0.25, -0.2) is 0 Å². The average Bonchev–Trinajstić information content (AvgIpc) is 2.84. The van der Waals surface area contributed by atoms with E-state index in [-0.39, 0.29) is 24.7 Å². The van der Waals surface area contributed by atoms with Crippen LogP contribution in [0.25, 0.3) is 0 Å². The second kappa shape index (κ2) is 7.09. The largest absolute Gasteiger partial charge is 0.397 e. The quantitative estimate of drug-likeness (QED) is 0.799. The fourth-order valence-corrected chi connectivity index (χ4v) is 2.60. The van der Waals surface area contributed by atoms with Gasteiger partial charge in [-0.2, -0.15) is 0 Å². The van der Waals surface area contributed by atoms with Crippen molar-refractivity contribution in [2.45, 2.75) is 12.2 Å². The Morgan fingerprint density at radius 3 is 2.57 bits per heavy atom. The van der Waals surface area contributed by atoms with Crippen molar-refractivity contribution in [3.8, 4) is 0 Å². The minimum absolute atomic E-state index is 0.0148. The van der Waals surface area contributed by atoms with E-state index in [1.54, 1.807) is 32.4 Å². The van der Waals surface area contributed by atoms with Gasteiger partial charge in [-0.05, 0) is 18.2 Å². The molecule has 1 fully saturated rings. The maximum absolute atomic E-state index is 12.1. The van der Waals surface area contributed by atoms with Crippen molar-refractivity contribution in [3.05, 3.63) is 23.2 Å². The van der Waals surface area contributed by atoms with E-state index in [1.165, 1.54) is 0 Å². The number of anilines is 2. The predicted molar refractivity (Wildman–Crippen MR) is 82.5 cm³/mol. The highest BCUT2D eigenvalue weighted by Crippen LogP contribution is 2.23. The third kappa shape index (κ3) is 4.07. The van der Waals surface area contributed by atoms with Crippen LogP contribution in [0.5, 0.6) is 0 Å². The van der Waals surface area contributed by atoms with Crippen molar-refractivity contribution < 1.29 is 14.3 Å². The number of likely N-dealkylation sites (tertiary alicyclic amines) is 1. The number of nitrogens with zero attached hydrogens (tertiary/aromatic N) is 1. The number of ether oxygens (including phenoxy) is 2. The van der Waals surface area contributed by atoms with Gasteiger partial charge < -0.3 is 20.5 Å². The molecule has 0 saturated carbocycles. The molecular formula is C14H20ClN3O3. The summed E-state index contributed by atoms with van der Waals surface area (Å²) >= 11 is 5.90. The first-order valence-electron chi connectivity index (χ1n) is 6.66. The molecule has 1 aromatic carbocycles. The van der Waals surface area contributed by atoms with Crippen LogP contribution in [0.15, 0.2) is 18.2 Å². The highest BCUT2D eigenvalue weighted by Gasteiger charge is 2.33. The van der Waals surface area contributed by atoms with Crippen molar-refractivity contribution in [2.75, 3.05) is 44.9 Å². The molecule has 3 N–H and O–H groups in total.